The van der Waals surface area contributed by atoms with Gasteiger partial charge in [0.25, 0.3) is 5.91 Å². The van der Waals surface area contributed by atoms with Crippen molar-refractivity contribution in [2.24, 2.45) is 0 Å². The molecule has 154 valence electrons. The molecule has 2 amide bonds. The Morgan fingerprint density at radius 2 is 2.07 bits per heavy atom. The van der Waals surface area contributed by atoms with E-state index in [1.807, 2.05) is 31.3 Å². The molecule has 9 heteroatoms. The summed E-state index contributed by atoms with van der Waals surface area (Å²) in [4.78, 5) is 31.1. The normalized spacial score (nSPS) is 13.0. The Balaban J connectivity index is 1.48. The minimum Gasteiger partial charge on any atom is -0.359 e. The van der Waals surface area contributed by atoms with Crippen LogP contribution in [0.25, 0.3) is 0 Å². The van der Waals surface area contributed by atoms with Crippen LogP contribution < -0.4 is 15.5 Å². The molecule has 2 N–H and O–H groups in total. The van der Waals surface area contributed by atoms with Gasteiger partial charge in [0, 0.05) is 24.0 Å². The van der Waals surface area contributed by atoms with Gasteiger partial charge < -0.3 is 15.5 Å². The number of pyridine rings is 1. The van der Waals surface area contributed by atoms with E-state index in [1.54, 1.807) is 27.8 Å². The maximum absolute atomic E-state index is 12.6. The predicted octanol–water partition coefficient (Wildman–Crippen LogP) is 2.63. The average Bonchev–Trinajstić information content (AvgIpc) is 3.16. The van der Waals surface area contributed by atoms with E-state index < -0.39 is 0 Å². The first kappa shape index (κ1) is 19.9. The summed E-state index contributed by atoms with van der Waals surface area (Å²) in [5.74, 6) is 0.233. The van der Waals surface area contributed by atoms with Gasteiger partial charge in [-0.1, -0.05) is 23.7 Å². The minimum atomic E-state index is -0.251. The lowest BCUT2D eigenvalue weighted by molar-refractivity contribution is -0.117. The molecule has 0 atom stereocenters. The number of carbonyl (C=O) groups excluding carboxylic acids is 2. The predicted molar refractivity (Wildman–Crippen MR) is 115 cm³/mol. The van der Waals surface area contributed by atoms with Crippen LogP contribution in [0.5, 0.6) is 0 Å². The van der Waals surface area contributed by atoms with Gasteiger partial charge >= 0.3 is 0 Å². The molecule has 4 rings (SSSR count). The number of halogens is 1. The van der Waals surface area contributed by atoms with Crippen LogP contribution in [0.4, 0.5) is 11.5 Å². The number of amides is 2. The highest BCUT2D eigenvalue weighted by Gasteiger charge is 2.26. The molecule has 1 aliphatic rings. The molecule has 0 saturated heterocycles. The number of aromatic nitrogens is 3. The number of aryl methyl sites for hydroxylation is 1. The first-order chi connectivity index (χ1) is 14.5. The number of carbonyl (C=O) groups is 2. The summed E-state index contributed by atoms with van der Waals surface area (Å²) in [6, 6.07) is 10.9. The van der Waals surface area contributed by atoms with E-state index in [4.69, 9.17) is 11.6 Å². The zero-order valence-corrected chi connectivity index (χ0v) is 17.2. The van der Waals surface area contributed by atoms with Crippen LogP contribution >= 0.6 is 11.6 Å². The van der Waals surface area contributed by atoms with Crippen LogP contribution in [0.2, 0.25) is 5.02 Å². The Kier molecular flexibility index (Phi) is 5.67. The summed E-state index contributed by atoms with van der Waals surface area (Å²) < 4.78 is 1.77. The fraction of sp³-hybridized carbons (Fsp3) is 0.238. The zero-order valence-electron chi connectivity index (χ0n) is 16.4. The van der Waals surface area contributed by atoms with Gasteiger partial charge in [0.05, 0.1) is 36.6 Å². The molecule has 3 aromatic rings. The van der Waals surface area contributed by atoms with Gasteiger partial charge in [0.15, 0.2) is 5.82 Å². The molecule has 0 fully saturated rings. The van der Waals surface area contributed by atoms with Crippen molar-refractivity contribution in [1.82, 2.24) is 20.1 Å². The molecule has 0 bridgehead atoms. The molecule has 1 aliphatic heterocycles. The smallest absolute Gasteiger partial charge is 0.252 e. The van der Waals surface area contributed by atoms with Gasteiger partial charge in [0.2, 0.25) is 5.91 Å². The highest BCUT2D eigenvalue weighted by atomic mass is 35.5. The minimum absolute atomic E-state index is 0.0918. The van der Waals surface area contributed by atoms with Gasteiger partial charge in [-0.2, -0.15) is 5.10 Å². The van der Waals surface area contributed by atoms with E-state index >= 15 is 0 Å². The number of rotatable bonds is 6. The van der Waals surface area contributed by atoms with Gasteiger partial charge in [0.1, 0.15) is 0 Å². The van der Waals surface area contributed by atoms with Crippen molar-refractivity contribution in [3.8, 4) is 0 Å². The van der Waals surface area contributed by atoms with E-state index in [-0.39, 0.29) is 18.4 Å². The fourth-order valence-electron chi connectivity index (χ4n) is 3.23. The fourth-order valence-corrected chi connectivity index (χ4v) is 3.35. The molecule has 0 radical (unpaired) electrons. The van der Waals surface area contributed by atoms with Gasteiger partial charge in [-0.25, -0.2) is 4.98 Å². The zero-order chi connectivity index (χ0) is 21.1. The van der Waals surface area contributed by atoms with E-state index in [1.165, 1.54) is 6.20 Å². The molecular formula is C21H21ClN6O2. The summed E-state index contributed by atoms with van der Waals surface area (Å²) in [5.41, 5.74) is 2.84. The SMILES string of the molecule is Cc1ccn(CCNC(=O)c2cnc3c(c2)N(Cc2ccc(Cl)cc2)C(=O)CN3)n1. The second-order valence-corrected chi connectivity index (χ2v) is 7.46. The monoisotopic (exact) mass is 424 g/mol. The van der Waals surface area contributed by atoms with Gasteiger partial charge in [-0.3, -0.25) is 14.3 Å². The quantitative estimate of drug-likeness (QED) is 0.634. The van der Waals surface area contributed by atoms with Gasteiger partial charge in [-0.05, 0) is 36.8 Å². The third-order valence-corrected chi connectivity index (χ3v) is 5.04. The van der Waals surface area contributed by atoms with Gasteiger partial charge in [-0.15, -0.1) is 0 Å². The Bertz CT molecular complexity index is 1080. The van der Waals surface area contributed by atoms with E-state index in [2.05, 4.69) is 20.7 Å². The summed E-state index contributed by atoms with van der Waals surface area (Å²) in [6.07, 6.45) is 3.38. The van der Waals surface area contributed by atoms with Crippen LogP contribution in [0.3, 0.4) is 0 Å². The Morgan fingerprint density at radius 3 is 2.80 bits per heavy atom. The molecular weight excluding hydrogens is 404 g/mol. The average molecular weight is 425 g/mol. The Labute approximate surface area is 178 Å². The first-order valence-electron chi connectivity index (χ1n) is 9.56. The van der Waals surface area contributed by atoms with Crippen LogP contribution in [0, 0.1) is 6.92 Å². The summed E-state index contributed by atoms with van der Waals surface area (Å²) in [7, 11) is 0. The lowest BCUT2D eigenvalue weighted by atomic mass is 10.1. The summed E-state index contributed by atoms with van der Waals surface area (Å²) >= 11 is 5.95. The van der Waals surface area contributed by atoms with E-state index in [0.717, 1.165) is 11.3 Å². The van der Waals surface area contributed by atoms with Crippen molar-refractivity contribution in [3.05, 3.63) is 70.6 Å². The number of fused-ring (bicyclic) bond motifs is 1. The number of anilines is 2. The highest BCUT2D eigenvalue weighted by molar-refractivity contribution is 6.30. The second-order valence-electron chi connectivity index (χ2n) is 7.03. The number of hydrogen-bond donors (Lipinski definition) is 2. The van der Waals surface area contributed by atoms with Crippen LogP contribution in [-0.2, 0) is 17.9 Å². The third-order valence-electron chi connectivity index (χ3n) is 4.78. The van der Waals surface area contributed by atoms with Crippen LogP contribution in [0.15, 0.2) is 48.8 Å². The number of nitrogens with zero attached hydrogens (tertiary/aromatic N) is 4. The second kappa shape index (κ2) is 8.54. The van der Waals surface area contributed by atoms with Crippen molar-refractivity contribution in [1.29, 1.82) is 0 Å². The van der Waals surface area contributed by atoms with Crippen molar-refractivity contribution < 1.29 is 9.59 Å². The molecule has 30 heavy (non-hydrogen) atoms. The van der Waals surface area contributed by atoms with E-state index in [9.17, 15) is 9.59 Å². The topological polar surface area (TPSA) is 92.2 Å². The largest absolute Gasteiger partial charge is 0.359 e. The van der Waals surface area contributed by atoms with Crippen LogP contribution in [0.1, 0.15) is 21.6 Å². The highest BCUT2D eigenvalue weighted by Crippen LogP contribution is 2.30. The standard InChI is InChI=1S/C21H21ClN6O2/c1-14-6-8-27(26-14)9-7-23-21(30)16-10-18-20(24-11-16)25-12-19(29)28(18)13-15-2-4-17(22)5-3-15/h2-6,8,10-11H,7,9,12-13H2,1H3,(H,23,30)(H,24,25). The number of hydrogen-bond acceptors (Lipinski definition) is 5. The molecule has 0 spiro atoms. The lowest BCUT2D eigenvalue weighted by Crippen LogP contribution is -2.40. The first-order valence-corrected chi connectivity index (χ1v) is 9.94. The van der Waals surface area contributed by atoms with Crippen LogP contribution in [-0.4, -0.2) is 39.7 Å². The lowest BCUT2D eigenvalue weighted by Gasteiger charge is -2.29. The third kappa shape index (κ3) is 4.44. The molecule has 2 aromatic heterocycles. The maximum Gasteiger partial charge on any atom is 0.252 e. The van der Waals surface area contributed by atoms with Crippen molar-refractivity contribution >= 4 is 34.9 Å². The maximum atomic E-state index is 12.6. The number of benzene rings is 1. The molecule has 0 aliphatic carbocycles. The molecule has 0 saturated carbocycles. The van der Waals surface area contributed by atoms with E-state index in [0.29, 0.717) is 41.7 Å². The molecule has 0 unspecified atom stereocenters. The summed E-state index contributed by atoms with van der Waals surface area (Å²) in [6.45, 7) is 3.45. The molecule has 1 aromatic carbocycles. The molecule has 8 nitrogen and oxygen atoms in total. The Hall–Kier alpha value is -3.39. The number of nitrogens with one attached hydrogen (secondary N) is 2. The molecule has 3 heterocycles. The van der Waals surface area contributed by atoms with Crippen molar-refractivity contribution in [3.63, 3.8) is 0 Å². The van der Waals surface area contributed by atoms with Crippen molar-refractivity contribution in [2.45, 2.75) is 20.0 Å². The Morgan fingerprint density at radius 1 is 1.27 bits per heavy atom. The van der Waals surface area contributed by atoms with Crippen molar-refractivity contribution in [2.75, 3.05) is 23.3 Å². The summed E-state index contributed by atoms with van der Waals surface area (Å²) in [5, 5.41) is 10.8.